The van der Waals surface area contributed by atoms with Gasteiger partial charge in [-0.2, -0.15) is 0 Å². The molecule has 2 N–H and O–H groups in total. The number of carbonyl (C=O) groups is 1. The Labute approximate surface area is 91.2 Å². The first kappa shape index (κ1) is 10.6. The van der Waals surface area contributed by atoms with E-state index in [4.69, 9.17) is 10.3 Å². The second-order valence-electron chi connectivity index (χ2n) is 3.60. The molecule has 0 unspecified atom stereocenters. The predicted molar refractivity (Wildman–Crippen MR) is 56.3 cm³/mol. The number of hydrogen-bond acceptors (Lipinski definition) is 3. The molecule has 0 radical (unpaired) electrons. The number of nitrogens with two attached hydrogens (primary N) is 1. The van der Waals surface area contributed by atoms with Crippen molar-refractivity contribution in [3.63, 3.8) is 0 Å². The van der Waals surface area contributed by atoms with E-state index >= 15 is 0 Å². The summed E-state index contributed by atoms with van der Waals surface area (Å²) in [6.07, 6.45) is 4.50. The van der Waals surface area contributed by atoms with Gasteiger partial charge in [-0.25, -0.2) is 4.39 Å². The van der Waals surface area contributed by atoms with Crippen molar-refractivity contribution in [3.8, 4) is 0 Å². The van der Waals surface area contributed by atoms with Gasteiger partial charge in [0.15, 0.2) is 11.3 Å². The van der Waals surface area contributed by atoms with Crippen molar-refractivity contribution in [3.05, 3.63) is 29.7 Å². The highest BCUT2D eigenvalue weighted by Crippen LogP contribution is 2.18. The van der Waals surface area contributed by atoms with Crippen LogP contribution in [-0.2, 0) is 0 Å². The lowest BCUT2D eigenvalue weighted by molar-refractivity contribution is 0.0993. The molecule has 4 nitrogen and oxygen atoms in total. The molecule has 2 aromatic rings. The van der Waals surface area contributed by atoms with Crippen LogP contribution in [0.3, 0.4) is 0 Å². The number of rotatable bonds is 1. The minimum Gasteiger partial charge on any atom is -0.364 e. The minimum atomic E-state index is -0.732. The Morgan fingerprint density at radius 3 is 2.62 bits per heavy atom. The normalized spacial score (nSPS) is 13.1. The van der Waals surface area contributed by atoms with E-state index in [-0.39, 0.29) is 5.69 Å². The molecule has 0 bridgehead atoms. The molecule has 0 atom stereocenters. The van der Waals surface area contributed by atoms with Gasteiger partial charge in [-0.05, 0) is 18.2 Å². The number of amides is 1. The van der Waals surface area contributed by atoms with Gasteiger partial charge in [-0.3, -0.25) is 4.79 Å². The number of carbonyl (C=O) groups excluding carboxylic acids is 1. The van der Waals surface area contributed by atoms with E-state index in [1.165, 1.54) is 31.4 Å². The van der Waals surface area contributed by atoms with Gasteiger partial charge in [0.25, 0.3) is 5.91 Å². The van der Waals surface area contributed by atoms with Gasteiger partial charge in [0.1, 0.15) is 5.82 Å². The fourth-order valence-electron chi connectivity index (χ4n) is 1.09. The zero-order chi connectivity index (χ0) is 11.5. The largest absolute Gasteiger partial charge is 0.364 e. The standard InChI is InChI=1S/C8H5FN2O2.C3H6/c9-4-1-2-6-5(3-4)7(8(10)12)11-13-6;1-2-3-1/h1-3H,(H2,10,12);1-3H2. The molecular weight excluding hydrogens is 211 g/mol. The monoisotopic (exact) mass is 222 g/mol. The number of fused-ring (bicyclic) bond motifs is 1. The highest BCUT2D eigenvalue weighted by atomic mass is 19.1. The molecule has 16 heavy (non-hydrogen) atoms. The van der Waals surface area contributed by atoms with Crippen LogP contribution in [0, 0.1) is 5.82 Å². The van der Waals surface area contributed by atoms with E-state index in [0.717, 1.165) is 6.07 Å². The maximum Gasteiger partial charge on any atom is 0.271 e. The first-order valence-corrected chi connectivity index (χ1v) is 5.03. The molecule has 1 heterocycles. The summed E-state index contributed by atoms with van der Waals surface area (Å²) >= 11 is 0. The lowest BCUT2D eigenvalue weighted by Gasteiger charge is -1.88. The molecular formula is C11H11FN2O2. The molecule has 1 aromatic heterocycles. The molecule has 5 heteroatoms. The second-order valence-corrected chi connectivity index (χ2v) is 3.60. The lowest BCUT2D eigenvalue weighted by Crippen LogP contribution is -2.11. The van der Waals surface area contributed by atoms with E-state index in [2.05, 4.69) is 5.16 Å². The highest BCUT2D eigenvalue weighted by Gasteiger charge is 2.13. The van der Waals surface area contributed by atoms with Crippen molar-refractivity contribution in [2.75, 3.05) is 0 Å². The zero-order valence-electron chi connectivity index (χ0n) is 8.57. The van der Waals surface area contributed by atoms with E-state index in [1.807, 2.05) is 0 Å². The van der Waals surface area contributed by atoms with Crippen LogP contribution in [0.5, 0.6) is 0 Å². The first-order chi connectivity index (χ1) is 7.68. The van der Waals surface area contributed by atoms with Gasteiger partial charge in [-0.15, -0.1) is 0 Å². The van der Waals surface area contributed by atoms with E-state index in [9.17, 15) is 9.18 Å². The van der Waals surface area contributed by atoms with Gasteiger partial charge in [0, 0.05) is 0 Å². The van der Waals surface area contributed by atoms with Crippen molar-refractivity contribution in [1.29, 1.82) is 0 Å². The number of nitrogens with zero attached hydrogens (tertiary/aromatic N) is 1. The molecule has 1 fully saturated rings. The summed E-state index contributed by atoms with van der Waals surface area (Å²) in [5, 5.41) is 3.72. The number of benzene rings is 1. The van der Waals surface area contributed by atoms with Crippen LogP contribution in [0.15, 0.2) is 22.7 Å². The van der Waals surface area contributed by atoms with Gasteiger partial charge < -0.3 is 10.3 Å². The number of hydrogen-bond donors (Lipinski definition) is 1. The summed E-state index contributed by atoms with van der Waals surface area (Å²) in [6.45, 7) is 0. The number of primary amides is 1. The van der Waals surface area contributed by atoms with Crippen molar-refractivity contribution in [2.24, 2.45) is 5.73 Å². The van der Waals surface area contributed by atoms with Crippen LogP contribution in [0.1, 0.15) is 29.8 Å². The fraction of sp³-hybridized carbons (Fsp3) is 0.273. The summed E-state index contributed by atoms with van der Waals surface area (Å²) < 4.78 is 17.5. The molecule has 3 rings (SSSR count). The van der Waals surface area contributed by atoms with Gasteiger partial charge in [0.05, 0.1) is 5.39 Å². The average molecular weight is 222 g/mol. The average Bonchev–Trinajstić information content (AvgIpc) is 3.05. The Hall–Kier alpha value is -1.91. The summed E-state index contributed by atoms with van der Waals surface area (Å²) in [7, 11) is 0. The van der Waals surface area contributed by atoms with Gasteiger partial charge >= 0.3 is 0 Å². The van der Waals surface area contributed by atoms with Crippen LogP contribution in [0.25, 0.3) is 11.0 Å². The van der Waals surface area contributed by atoms with Crippen LogP contribution < -0.4 is 5.73 Å². The maximum atomic E-state index is 12.7. The third-order valence-electron chi connectivity index (χ3n) is 2.02. The van der Waals surface area contributed by atoms with E-state index in [1.54, 1.807) is 0 Å². The van der Waals surface area contributed by atoms with Crippen LogP contribution in [0.4, 0.5) is 4.39 Å². The molecule has 84 valence electrons. The SMILES string of the molecule is C1CC1.NC(=O)c1noc2ccc(F)cc12. The Kier molecular flexibility index (Phi) is 2.85. The molecule has 1 saturated carbocycles. The molecule has 1 aromatic carbocycles. The lowest BCUT2D eigenvalue weighted by atomic mass is 10.2. The van der Waals surface area contributed by atoms with Gasteiger partial charge in [-0.1, -0.05) is 24.4 Å². The van der Waals surface area contributed by atoms with E-state index in [0.29, 0.717) is 11.0 Å². The third-order valence-corrected chi connectivity index (χ3v) is 2.02. The quantitative estimate of drug-likeness (QED) is 0.804. The predicted octanol–water partition coefficient (Wildman–Crippen LogP) is 2.24. The van der Waals surface area contributed by atoms with Gasteiger partial charge in [0.2, 0.25) is 0 Å². The molecule has 1 aliphatic rings. The topological polar surface area (TPSA) is 69.1 Å². The maximum absolute atomic E-state index is 12.7. The Balaban J connectivity index is 0.000000278. The van der Waals surface area contributed by atoms with Crippen LogP contribution in [0.2, 0.25) is 0 Å². The summed E-state index contributed by atoms with van der Waals surface area (Å²) in [5.41, 5.74) is 5.29. The Morgan fingerprint density at radius 2 is 2.06 bits per heavy atom. The molecule has 0 aliphatic heterocycles. The Morgan fingerprint density at radius 1 is 1.38 bits per heavy atom. The molecule has 0 saturated heterocycles. The van der Waals surface area contributed by atoms with Crippen molar-refractivity contribution in [2.45, 2.75) is 19.3 Å². The fourth-order valence-corrected chi connectivity index (χ4v) is 1.09. The van der Waals surface area contributed by atoms with E-state index < -0.39 is 11.7 Å². The summed E-state index contributed by atoms with van der Waals surface area (Å²) in [4.78, 5) is 10.8. The minimum absolute atomic E-state index is 0.0468. The molecule has 1 amide bonds. The van der Waals surface area contributed by atoms with Crippen molar-refractivity contribution >= 4 is 16.9 Å². The molecule has 0 spiro atoms. The van der Waals surface area contributed by atoms with Crippen molar-refractivity contribution < 1.29 is 13.7 Å². The number of aromatic nitrogens is 1. The highest BCUT2D eigenvalue weighted by molar-refractivity contribution is 6.03. The molecule has 1 aliphatic carbocycles. The first-order valence-electron chi connectivity index (χ1n) is 5.03. The summed E-state index contributed by atoms with van der Waals surface area (Å²) in [5.74, 6) is -1.19. The third kappa shape index (κ3) is 2.36. The zero-order valence-corrected chi connectivity index (χ0v) is 8.57. The second kappa shape index (κ2) is 4.30. The summed E-state index contributed by atoms with van der Waals surface area (Å²) in [6, 6.07) is 3.77. The smallest absolute Gasteiger partial charge is 0.271 e. The van der Waals surface area contributed by atoms with Crippen LogP contribution >= 0.6 is 0 Å². The number of halogens is 1. The van der Waals surface area contributed by atoms with Crippen molar-refractivity contribution in [1.82, 2.24) is 5.16 Å². The Bertz CT molecular complexity index is 517. The van der Waals surface area contributed by atoms with Crippen LogP contribution in [-0.4, -0.2) is 11.1 Å².